The number of amides is 2. The Bertz CT molecular complexity index is 316. The van der Waals surface area contributed by atoms with Crippen LogP contribution < -0.4 is 0 Å². The number of nitrogens with zero attached hydrogens (tertiary/aromatic N) is 1. The van der Waals surface area contributed by atoms with Crippen molar-refractivity contribution in [2.45, 2.75) is 19.8 Å². The number of rotatable bonds is 3. The van der Waals surface area contributed by atoms with Gasteiger partial charge in [-0.3, -0.25) is 14.4 Å². The van der Waals surface area contributed by atoms with Crippen molar-refractivity contribution in [3.8, 4) is 0 Å². The van der Waals surface area contributed by atoms with Crippen molar-refractivity contribution in [1.82, 2.24) is 5.06 Å². The van der Waals surface area contributed by atoms with E-state index in [-0.39, 0.29) is 36.1 Å². The molecule has 6 nitrogen and oxygen atoms in total. The minimum atomic E-state index is -0.779. The Morgan fingerprint density at radius 3 is 2.25 bits per heavy atom. The Hall–Kier alpha value is -1.08. The van der Waals surface area contributed by atoms with Crippen LogP contribution in [0.25, 0.3) is 0 Å². The third-order valence-corrected chi connectivity index (χ3v) is 2.38. The highest BCUT2D eigenvalue weighted by molar-refractivity contribution is 8.14. The molecular weight excluding hydrogens is 258 g/mol. The number of halogens is 1. The van der Waals surface area contributed by atoms with Gasteiger partial charge in [-0.15, -0.1) is 17.5 Å². The smallest absolute Gasteiger partial charge is 0.329 e. The molecule has 1 heterocycles. The van der Waals surface area contributed by atoms with Crippen molar-refractivity contribution in [2.24, 2.45) is 0 Å². The van der Waals surface area contributed by atoms with E-state index in [1.165, 1.54) is 6.92 Å². The van der Waals surface area contributed by atoms with Gasteiger partial charge in [0.15, 0.2) is 5.12 Å². The number of hydroxylamine groups is 2. The Labute approximate surface area is 102 Å². The molecule has 16 heavy (non-hydrogen) atoms. The third-order valence-electron chi connectivity index (χ3n) is 1.59. The number of hydrogen-bond donors (Lipinski definition) is 0. The average Bonchev–Trinajstić information content (AvgIpc) is 2.46. The minimum absolute atomic E-state index is 0. The standard InChI is InChI=1S/C8H9NO5S.ClH/c1-5(10)15-4-8(13)14-9-6(11)2-3-7(9)12;/h2-4H2,1H3;1H. The van der Waals surface area contributed by atoms with Crippen LogP contribution in [-0.2, 0) is 24.0 Å². The molecule has 0 N–H and O–H groups in total. The summed E-state index contributed by atoms with van der Waals surface area (Å²) >= 11 is 0.762. The molecule has 0 aromatic heterocycles. The molecule has 2 amide bonds. The van der Waals surface area contributed by atoms with Crippen LogP contribution in [0.4, 0.5) is 0 Å². The second-order valence-corrected chi connectivity index (χ2v) is 3.98. The Morgan fingerprint density at radius 2 is 1.81 bits per heavy atom. The molecule has 8 heteroatoms. The summed E-state index contributed by atoms with van der Waals surface area (Å²) in [6.45, 7) is 1.31. The molecule has 0 aliphatic carbocycles. The first-order valence-corrected chi connectivity index (χ1v) is 5.19. The van der Waals surface area contributed by atoms with E-state index in [4.69, 9.17) is 0 Å². The number of carbonyl (C=O) groups excluding carboxylic acids is 4. The lowest BCUT2D eigenvalue weighted by atomic mass is 10.4. The minimum Gasteiger partial charge on any atom is -0.329 e. The van der Waals surface area contributed by atoms with Gasteiger partial charge in [-0.1, -0.05) is 11.8 Å². The predicted molar refractivity (Wildman–Crippen MR) is 57.6 cm³/mol. The first-order valence-electron chi connectivity index (χ1n) is 4.20. The van der Waals surface area contributed by atoms with Gasteiger partial charge in [0, 0.05) is 19.8 Å². The van der Waals surface area contributed by atoms with Crippen LogP contribution in [0.15, 0.2) is 0 Å². The maximum Gasteiger partial charge on any atom is 0.343 e. The fraction of sp³-hybridized carbons (Fsp3) is 0.500. The first-order chi connectivity index (χ1) is 7.00. The van der Waals surface area contributed by atoms with Gasteiger partial charge in [-0.2, -0.15) is 0 Å². The van der Waals surface area contributed by atoms with Crippen molar-refractivity contribution in [1.29, 1.82) is 0 Å². The second-order valence-electron chi connectivity index (χ2n) is 2.83. The first kappa shape index (κ1) is 14.9. The number of imide groups is 1. The largest absolute Gasteiger partial charge is 0.343 e. The van der Waals surface area contributed by atoms with E-state index < -0.39 is 17.8 Å². The molecule has 0 aromatic rings. The summed E-state index contributed by atoms with van der Waals surface area (Å²) < 4.78 is 0. The predicted octanol–water partition coefficient (Wildman–Crippen LogP) is 0.295. The summed E-state index contributed by atoms with van der Waals surface area (Å²) in [4.78, 5) is 48.1. The summed E-state index contributed by atoms with van der Waals surface area (Å²) in [5, 5.41) is 0.231. The fourth-order valence-corrected chi connectivity index (χ4v) is 1.32. The van der Waals surface area contributed by atoms with Crippen LogP contribution in [0.5, 0.6) is 0 Å². The van der Waals surface area contributed by atoms with Crippen molar-refractivity contribution in [2.75, 3.05) is 5.75 Å². The van der Waals surface area contributed by atoms with E-state index in [9.17, 15) is 19.2 Å². The topological polar surface area (TPSA) is 80.8 Å². The zero-order chi connectivity index (χ0) is 11.4. The number of carbonyl (C=O) groups is 4. The lowest BCUT2D eigenvalue weighted by Crippen LogP contribution is -2.32. The SMILES string of the molecule is CC(=O)SCC(=O)ON1C(=O)CCC1=O.Cl. The average molecular weight is 268 g/mol. The summed E-state index contributed by atoms with van der Waals surface area (Å²) in [6, 6.07) is 0. The molecule has 0 saturated carbocycles. The van der Waals surface area contributed by atoms with Gasteiger partial charge in [0.05, 0.1) is 0 Å². The van der Waals surface area contributed by atoms with E-state index in [1.807, 2.05) is 0 Å². The maximum absolute atomic E-state index is 11.1. The number of hydrogen-bond acceptors (Lipinski definition) is 6. The second kappa shape index (κ2) is 6.49. The van der Waals surface area contributed by atoms with Gasteiger partial charge in [0.25, 0.3) is 11.8 Å². The van der Waals surface area contributed by atoms with Crippen molar-refractivity contribution in [3.63, 3.8) is 0 Å². The molecule has 1 aliphatic heterocycles. The monoisotopic (exact) mass is 267 g/mol. The van der Waals surface area contributed by atoms with Crippen LogP contribution in [0.3, 0.4) is 0 Å². The van der Waals surface area contributed by atoms with Gasteiger partial charge in [-0.05, 0) is 0 Å². The van der Waals surface area contributed by atoms with Crippen molar-refractivity contribution in [3.05, 3.63) is 0 Å². The van der Waals surface area contributed by atoms with E-state index in [0.29, 0.717) is 5.06 Å². The van der Waals surface area contributed by atoms with Crippen LogP contribution in [0.2, 0.25) is 0 Å². The molecule has 1 saturated heterocycles. The van der Waals surface area contributed by atoms with Crippen LogP contribution in [0, 0.1) is 0 Å². The molecule has 0 spiro atoms. The molecule has 0 atom stereocenters. The normalized spacial score (nSPS) is 14.7. The molecule has 0 bridgehead atoms. The zero-order valence-electron chi connectivity index (χ0n) is 8.43. The van der Waals surface area contributed by atoms with Gasteiger partial charge < -0.3 is 4.84 Å². The Balaban J connectivity index is 0.00000225. The van der Waals surface area contributed by atoms with Gasteiger partial charge in [0.1, 0.15) is 5.75 Å². The molecule has 90 valence electrons. The van der Waals surface area contributed by atoms with E-state index in [2.05, 4.69) is 4.84 Å². The molecular formula is C8H10ClNO5S. The highest BCUT2D eigenvalue weighted by Crippen LogP contribution is 2.13. The van der Waals surface area contributed by atoms with E-state index >= 15 is 0 Å². The molecule has 1 fully saturated rings. The lowest BCUT2D eigenvalue weighted by molar-refractivity contribution is -0.195. The van der Waals surface area contributed by atoms with Crippen molar-refractivity contribution >= 4 is 47.1 Å². The molecule has 1 rings (SSSR count). The van der Waals surface area contributed by atoms with E-state index in [1.54, 1.807) is 0 Å². The van der Waals surface area contributed by atoms with Gasteiger partial charge in [0.2, 0.25) is 0 Å². The molecule has 1 aliphatic rings. The molecule has 0 unspecified atom stereocenters. The van der Waals surface area contributed by atoms with Gasteiger partial charge >= 0.3 is 5.97 Å². The third kappa shape index (κ3) is 4.19. The lowest BCUT2D eigenvalue weighted by Gasteiger charge is -2.11. The quantitative estimate of drug-likeness (QED) is 0.684. The Kier molecular flexibility index (Phi) is 6.05. The van der Waals surface area contributed by atoms with Gasteiger partial charge in [-0.25, -0.2) is 4.79 Å². The number of thioether (sulfide) groups is 1. The summed E-state index contributed by atoms with van der Waals surface area (Å²) in [6.07, 6.45) is 0.123. The summed E-state index contributed by atoms with van der Waals surface area (Å²) in [5.74, 6) is -2.03. The van der Waals surface area contributed by atoms with Crippen LogP contribution in [-0.4, -0.2) is 33.7 Å². The molecule has 0 aromatic carbocycles. The van der Waals surface area contributed by atoms with Crippen LogP contribution >= 0.6 is 24.2 Å². The molecule has 0 radical (unpaired) electrons. The van der Waals surface area contributed by atoms with Crippen molar-refractivity contribution < 1.29 is 24.0 Å². The van der Waals surface area contributed by atoms with Crippen LogP contribution in [0.1, 0.15) is 19.8 Å². The zero-order valence-corrected chi connectivity index (χ0v) is 10.1. The summed E-state index contributed by atoms with van der Waals surface area (Å²) in [5.41, 5.74) is 0. The maximum atomic E-state index is 11.1. The summed E-state index contributed by atoms with van der Waals surface area (Å²) in [7, 11) is 0. The fourth-order valence-electron chi connectivity index (χ4n) is 0.947. The highest BCUT2D eigenvalue weighted by Gasteiger charge is 2.32. The Morgan fingerprint density at radius 1 is 1.31 bits per heavy atom. The highest BCUT2D eigenvalue weighted by atomic mass is 35.5. The van der Waals surface area contributed by atoms with E-state index in [0.717, 1.165) is 11.8 Å².